The second-order valence-electron chi connectivity index (χ2n) is 4.74. The van der Waals surface area contributed by atoms with Gasteiger partial charge in [0.05, 0.1) is 4.47 Å². The summed E-state index contributed by atoms with van der Waals surface area (Å²) < 4.78 is 0.993. The summed E-state index contributed by atoms with van der Waals surface area (Å²) in [6.07, 6.45) is 8.45. The topological polar surface area (TPSA) is 41.0 Å². The summed E-state index contributed by atoms with van der Waals surface area (Å²) in [5.41, 5.74) is 0. The third kappa shape index (κ3) is 3.42. The molecule has 1 saturated heterocycles. The molecule has 0 bridgehead atoms. The third-order valence-corrected chi connectivity index (χ3v) is 3.91. The van der Waals surface area contributed by atoms with Crippen molar-refractivity contribution in [1.29, 1.82) is 0 Å². The van der Waals surface area contributed by atoms with Crippen LogP contribution in [-0.2, 0) is 0 Å². The minimum absolute atomic E-state index is 0.552. The van der Waals surface area contributed by atoms with Gasteiger partial charge in [0.25, 0.3) is 0 Å². The Balaban J connectivity index is 2.05. The van der Waals surface area contributed by atoms with Gasteiger partial charge < -0.3 is 10.2 Å². The summed E-state index contributed by atoms with van der Waals surface area (Å²) in [4.78, 5) is 10.9. The van der Waals surface area contributed by atoms with Crippen LogP contribution < -0.4 is 10.2 Å². The molecule has 5 heteroatoms. The minimum Gasteiger partial charge on any atom is -0.351 e. The van der Waals surface area contributed by atoms with Gasteiger partial charge in [0.2, 0.25) is 0 Å². The van der Waals surface area contributed by atoms with Crippen molar-refractivity contribution in [2.24, 2.45) is 0 Å². The largest absolute Gasteiger partial charge is 0.351 e. The molecule has 0 saturated carbocycles. The van der Waals surface area contributed by atoms with E-state index in [-0.39, 0.29) is 0 Å². The molecule has 1 atom stereocenters. The zero-order valence-corrected chi connectivity index (χ0v) is 12.5. The number of aromatic nitrogens is 2. The van der Waals surface area contributed by atoms with E-state index < -0.39 is 0 Å². The molecule has 0 aromatic carbocycles. The van der Waals surface area contributed by atoms with Crippen molar-refractivity contribution >= 4 is 21.7 Å². The molecular weight excluding hydrogens is 292 g/mol. The van der Waals surface area contributed by atoms with Crippen LogP contribution in [0.5, 0.6) is 0 Å². The molecule has 0 radical (unpaired) electrons. The monoisotopic (exact) mass is 312 g/mol. The lowest BCUT2D eigenvalue weighted by Gasteiger charge is -2.37. The van der Waals surface area contributed by atoms with E-state index in [1.807, 2.05) is 6.20 Å². The van der Waals surface area contributed by atoms with Crippen molar-refractivity contribution < 1.29 is 0 Å². The molecule has 18 heavy (non-hydrogen) atoms. The summed E-state index contributed by atoms with van der Waals surface area (Å²) in [5, 5.41) is 3.52. The van der Waals surface area contributed by atoms with Gasteiger partial charge in [-0.15, -0.1) is 0 Å². The van der Waals surface area contributed by atoms with Crippen molar-refractivity contribution in [3.8, 4) is 0 Å². The summed E-state index contributed by atoms with van der Waals surface area (Å²) in [6.45, 7) is 5.43. The van der Waals surface area contributed by atoms with Crippen LogP contribution in [0.2, 0.25) is 0 Å². The fraction of sp³-hybridized carbons (Fsp3) is 0.692. The van der Waals surface area contributed by atoms with Gasteiger partial charge >= 0.3 is 0 Å². The fourth-order valence-corrected chi connectivity index (χ4v) is 2.90. The van der Waals surface area contributed by atoms with Gasteiger partial charge in [-0.25, -0.2) is 9.97 Å². The third-order valence-electron chi connectivity index (χ3n) is 3.35. The Bertz CT molecular complexity index is 372. The first-order valence-electron chi connectivity index (χ1n) is 6.75. The zero-order valence-electron chi connectivity index (χ0n) is 10.9. The number of rotatable bonds is 5. The fourth-order valence-electron chi connectivity index (χ4n) is 2.45. The molecule has 1 fully saturated rings. The molecule has 1 unspecified atom stereocenters. The first-order valence-corrected chi connectivity index (χ1v) is 7.55. The molecule has 1 N–H and O–H groups in total. The first kappa shape index (κ1) is 13.7. The predicted octanol–water partition coefficient (Wildman–Crippen LogP) is 2.60. The van der Waals surface area contributed by atoms with Gasteiger partial charge in [0, 0.05) is 25.3 Å². The van der Waals surface area contributed by atoms with Gasteiger partial charge in [0.1, 0.15) is 12.1 Å². The molecule has 0 amide bonds. The van der Waals surface area contributed by atoms with Gasteiger partial charge in [0.15, 0.2) is 0 Å². The molecule has 100 valence electrons. The van der Waals surface area contributed by atoms with Gasteiger partial charge in [-0.1, -0.05) is 6.92 Å². The average molecular weight is 313 g/mol. The lowest BCUT2D eigenvalue weighted by molar-refractivity contribution is 0.432. The highest BCUT2D eigenvalue weighted by atomic mass is 79.9. The standard InChI is InChI=1S/C13H21BrN4/c1-2-6-15-8-11-5-3-4-7-18(11)13-12(14)9-16-10-17-13/h9-11,15H,2-8H2,1H3. The molecule has 0 spiro atoms. The van der Waals surface area contributed by atoms with Crippen LogP contribution in [0.25, 0.3) is 0 Å². The summed E-state index contributed by atoms with van der Waals surface area (Å²) in [5.74, 6) is 1.04. The summed E-state index contributed by atoms with van der Waals surface area (Å²) in [7, 11) is 0. The Morgan fingerprint density at radius 3 is 3.17 bits per heavy atom. The van der Waals surface area contributed by atoms with Crippen molar-refractivity contribution in [1.82, 2.24) is 15.3 Å². The molecule has 1 aliphatic rings. The summed E-state index contributed by atoms with van der Waals surface area (Å²) in [6, 6.07) is 0.552. The second-order valence-corrected chi connectivity index (χ2v) is 5.60. The van der Waals surface area contributed by atoms with E-state index in [2.05, 4.69) is 43.0 Å². The molecular formula is C13H21BrN4. The number of nitrogens with one attached hydrogen (secondary N) is 1. The molecule has 1 aliphatic heterocycles. The van der Waals surface area contributed by atoms with E-state index in [4.69, 9.17) is 0 Å². The van der Waals surface area contributed by atoms with Crippen molar-refractivity contribution in [3.63, 3.8) is 0 Å². The quantitative estimate of drug-likeness (QED) is 0.849. The number of halogens is 1. The Kier molecular flexibility index (Phi) is 5.38. The van der Waals surface area contributed by atoms with Crippen molar-refractivity contribution in [2.75, 3.05) is 24.5 Å². The molecule has 4 nitrogen and oxygen atoms in total. The van der Waals surface area contributed by atoms with Crippen LogP contribution in [-0.4, -0.2) is 35.6 Å². The van der Waals surface area contributed by atoms with E-state index in [0.29, 0.717) is 6.04 Å². The number of piperidine rings is 1. The molecule has 1 aromatic rings. The van der Waals surface area contributed by atoms with Gasteiger partial charge in [-0.2, -0.15) is 0 Å². The maximum atomic E-state index is 4.42. The number of nitrogens with zero attached hydrogens (tertiary/aromatic N) is 3. The van der Waals surface area contributed by atoms with E-state index >= 15 is 0 Å². The van der Waals surface area contributed by atoms with E-state index in [1.165, 1.54) is 25.7 Å². The van der Waals surface area contributed by atoms with E-state index in [9.17, 15) is 0 Å². The van der Waals surface area contributed by atoms with Crippen LogP contribution in [0.1, 0.15) is 32.6 Å². The Morgan fingerprint density at radius 2 is 2.39 bits per heavy atom. The Morgan fingerprint density at radius 1 is 1.50 bits per heavy atom. The maximum absolute atomic E-state index is 4.42. The van der Waals surface area contributed by atoms with Gasteiger partial charge in [-0.05, 0) is 48.2 Å². The predicted molar refractivity (Wildman–Crippen MR) is 77.9 cm³/mol. The minimum atomic E-state index is 0.552. The van der Waals surface area contributed by atoms with E-state index in [1.54, 1.807) is 6.33 Å². The Labute approximate surface area is 117 Å². The molecule has 0 aliphatic carbocycles. The average Bonchev–Trinajstić information content (AvgIpc) is 2.40. The van der Waals surface area contributed by atoms with Crippen LogP contribution in [0.4, 0.5) is 5.82 Å². The maximum Gasteiger partial charge on any atom is 0.146 e. The second kappa shape index (κ2) is 7.04. The molecule has 1 aromatic heterocycles. The normalized spacial score (nSPS) is 20.1. The molecule has 2 rings (SSSR count). The van der Waals surface area contributed by atoms with Crippen LogP contribution >= 0.6 is 15.9 Å². The van der Waals surface area contributed by atoms with Crippen LogP contribution in [0.15, 0.2) is 17.0 Å². The lowest BCUT2D eigenvalue weighted by Crippen LogP contribution is -2.46. The van der Waals surface area contributed by atoms with E-state index in [0.717, 1.165) is 29.9 Å². The van der Waals surface area contributed by atoms with Crippen LogP contribution in [0.3, 0.4) is 0 Å². The zero-order chi connectivity index (χ0) is 12.8. The highest BCUT2D eigenvalue weighted by Crippen LogP contribution is 2.28. The van der Waals surface area contributed by atoms with Gasteiger partial charge in [-0.3, -0.25) is 0 Å². The van der Waals surface area contributed by atoms with Crippen molar-refractivity contribution in [3.05, 3.63) is 17.0 Å². The first-order chi connectivity index (χ1) is 8.83. The molecule has 2 heterocycles. The highest BCUT2D eigenvalue weighted by Gasteiger charge is 2.24. The number of hydrogen-bond donors (Lipinski definition) is 1. The van der Waals surface area contributed by atoms with Crippen LogP contribution in [0, 0.1) is 0 Å². The van der Waals surface area contributed by atoms with Crippen molar-refractivity contribution in [2.45, 2.75) is 38.6 Å². The Hall–Kier alpha value is -0.680. The highest BCUT2D eigenvalue weighted by molar-refractivity contribution is 9.10. The smallest absolute Gasteiger partial charge is 0.146 e. The number of anilines is 1. The SMILES string of the molecule is CCCNCC1CCCCN1c1ncncc1Br. The lowest BCUT2D eigenvalue weighted by atomic mass is 10.0. The number of hydrogen-bond acceptors (Lipinski definition) is 4. The summed E-state index contributed by atoms with van der Waals surface area (Å²) >= 11 is 3.55.